The third-order valence-electron chi connectivity index (χ3n) is 2.55. The molecule has 2 N–H and O–H groups in total. The number of ether oxygens (including phenoxy) is 1. The van der Waals surface area contributed by atoms with Crippen LogP contribution < -0.4 is 10.1 Å². The minimum absolute atomic E-state index is 0.149. The monoisotopic (exact) mass is 237 g/mol. The molecule has 0 spiro atoms. The highest BCUT2D eigenvalue weighted by atomic mass is 16.5. The predicted octanol–water partition coefficient (Wildman–Crippen LogP) is 1.69. The van der Waals surface area contributed by atoms with Crippen LogP contribution in [0.15, 0.2) is 24.3 Å². The number of benzene rings is 1. The standard InChI is InChI=1S/C13H19NO3/c1-10(14-8-7-13(15)16)9-11-5-3-4-6-12(11)17-2/h3-6,10,14H,7-9H2,1-2H3,(H,15,16). The highest BCUT2D eigenvalue weighted by Gasteiger charge is 2.07. The van der Waals surface area contributed by atoms with Crippen LogP contribution in [-0.2, 0) is 11.2 Å². The summed E-state index contributed by atoms with van der Waals surface area (Å²) in [6.45, 7) is 2.53. The molecule has 0 saturated carbocycles. The van der Waals surface area contributed by atoms with Crippen molar-refractivity contribution >= 4 is 5.97 Å². The van der Waals surface area contributed by atoms with E-state index in [9.17, 15) is 4.79 Å². The lowest BCUT2D eigenvalue weighted by atomic mass is 10.1. The van der Waals surface area contributed by atoms with E-state index >= 15 is 0 Å². The molecule has 0 fully saturated rings. The first-order valence-electron chi connectivity index (χ1n) is 5.70. The zero-order chi connectivity index (χ0) is 12.7. The molecule has 0 radical (unpaired) electrons. The molecular formula is C13H19NO3. The molecule has 1 aromatic rings. The Labute approximate surface area is 102 Å². The lowest BCUT2D eigenvalue weighted by Gasteiger charge is -2.15. The summed E-state index contributed by atoms with van der Waals surface area (Å²) in [5, 5.41) is 11.7. The summed E-state index contributed by atoms with van der Waals surface area (Å²) in [4.78, 5) is 10.4. The van der Waals surface area contributed by atoms with Crippen LogP contribution >= 0.6 is 0 Å². The number of methoxy groups -OCH3 is 1. The van der Waals surface area contributed by atoms with Crippen LogP contribution in [0.25, 0.3) is 0 Å². The summed E-state index contributed by atoms with van der Waals surface area (Å²) in [7, 11) is 1.65. The summed E-state index contributed by atoms with van der Waals surface area (Å²) in [6, 6.07) is 8.09. The lowest BCUT2D eigenvalue weighted by Crippen LogP contribution is -2.30. The van der Waals surface area contributed by atoms with E-state index in [2.05, 4.69) is 5.32 Å². The van der Waals surface area contributed by atoms with Crippen molar-refractivity contribution in [3.05, 3.63) is 29.8 Å². The molecule has 1 aromatic carbocycles. The number of aliphatic carboxylic acids is 1. The van der Waals surface area contributed by atoms with Crippen molar-refractivity contribution in [1.29, 1.82) is 0 Å². The SMILES string of the molecule is COc1ccccc1CC(C)NCCC(=O)O. The average molecular weight is 237 g/mol. The quantitative estimate of drug-likeness (QED) is 0.757. The van der Waals surface area contributed by atoms with Crippen molar-refractivity contribution in [2.75, 3.05) is 13.7 Å². The molecule has 1 atom stereocenters. The van der Waals surface area contributed by atoms with Crippen LogP contribution in [0.4, 0.5) is 0 Å². The van der Waals surface area contributed by atoms with Gasteiger partial charge in [0.25, 0.3) is 0 Å². The van der Waals surface area contributed by atoms with Gasteiger partial charge in [0.2, 0.25) is 0 Å². The number of rotatable bonds is 7. The Morgan fingerprint density at radius 2 is 2.18 bits per heavy atom. The van der Waals surface area contributed by atoms with Crippen LogP contribution in [0.2, 0.25) is 0 Å². The largest absolute Gasteiger partial charge is 0.496 e. The second kappa shape index (κ2) is 6.91. The van der Waals surface area contributed by atoms with Crippen LogP contribution in [0.5, 0.6) is 5.75 Å². The predicted molar refractivity (Wildman–Crippen MR) is 66.4 cm³/mol. The maximum atomic E-state index is 10.4. The van der Waals surface area contributed by atoms with E-state index in [0.29, 0.717) is 6.54 Å². The van der Waals surface area contributed by atoms with Crippen LogP contribution in [0, 0.1) is 0 Å². The molecule has 4 nitrogen and oxygen atoms in total. The van der Waals surface area contributed by atoms with Gasteiger partial charge in [-0.3, -0.25) is 4.79 Å². The Morgan fingerprint density at radius 3 is 2.82 bits per heavy atom. The second-order valence-corrected chi connectivity index (χ2v) is 4.01. The molecule has 0 aliphatic carbocycles. The molecule has 0 amide bonds. The number of hydrogen-bond donors (Lipinski definition) is 2. The summed E-state index contributed by atoms with van der Waals surface area (Å²) in [5.74, 6) is 0.0985. The molecule has 1 rings (SSSR count). The van der Waals surface area contributed by atoms with Gasteiger partial charge in [0, 0.05) is 12.6 Å². The molecule has 1 unspecified atom stereocenters. The Balaban J connectivity index is 2.44. The lowest BCUT2D eigenvalue weighted by molar-refractivity contribution is -0.136. The Morgan fingerprint density at radius 1 is 1.47 bits per heavy atom. The van der Waals surface area contributed by atoms with Crippen molar-refractivity contribution in [3.8, 4) is 5.75 Å². The van der Waals surface area contributed by atoms with E-state index in [0.717, 1.165) is 17.7 Å². The summed E-state index contributed by atoms with van der Waals surface area (Å²) in [6.07, 6.45) is 0.972. The van der Waals surface area contributed by atoms with Gasteiger partial charge in [0.15, 0.2) is 0 Å². The molecule has 94 valence electrons. The maximum Gasteiger partial charge on any atom is 0.304 e. The Kier molecular flexibility index (Phi) is 5.49. The molecule has 0 heterocycles. The minimum Gasteiger partial charge on any atom is -0.496 e. The second-order valence-electron chi connectivity index (χ2n) is 4.01. The van der Waals surface area contributed by atoms with Crippen LogP contribution in [0.3, 0.4) is 0 Å². The topological polar surface area (TPSA) is 58.6 Å². The molecule has 4 heteroatoms. The van der Waals surface area contributed by atoms with Crippen molar-refractivity contribution in [2.24, 2.45) is 0 Å². The Hall–Kier alpha value is -1.55. The van der Waals surface area contributed by atoms with Gasteiger partial charge >= 0.3 is 5.97 Å². The van der Waals surface area contributed by atoms with E-state index < -0.39 is 5.97 Å². The van der Waals surface area contributed by atoms with E-state index in [-0.39, 0.29) is 12.5 Å². The van der Waals surface area contributed by atoms with Gasteiger partial charge < -0.3 is 15.2 Å². The van der Waals surface area contributed by atoms with Crippen molar-refractivity contribution in [2.45, 2.75) is 25.8 Å². The third kappa shape index (κ3) is 4.87. The van der Waals surface area contributed by atoms with E-state index in [1.54, 1.807) is 7.11 Å². The van der Waals surface area contributed by atoms with Gasteiger partial charge in [-0.2, -0.15) is 0 Å². The molecule has 0 aliphatic rings. The highest BCUT2D eigenvalue weighted by Crippen LogP contribution is 2.18. The first-order valence-corrected chi connectivity index (χ1v) is 5.70. The molecular weight excluding hydrogens is 218 g/mol. The minimum atomic E-state index is -0.776. The maximum absolute atomic E-state index is 10.4. The molecule has 17 heavy (non-hydrogen) atoms. The van der Waals surface area contributed by atoms with Crippen molar-refractivity contribution < 1.29 is 14.6 Å². The van der Waals surface area contributed by atoms with E-state index in [4.69, 9.17) is 9.84 Å². The van der Waals surface area contributed by atoms with Gasteiger partial charge in [0.1, 0.15) is 5.75 Å². The van der Waals surface area contributed by atoms with Gasteiger partial charge in [-0.1, -0.05) is 18.2 Å². The van der Waals surface area contributed by atoms with Gasteiger partial charge in [-0.05, 0) is 25.0 Å². The smallest absolute Gasteiger partial charge is 0.304 e. The number of carboxylic acid groups (broad SMARTS) is 1. The fourth-order valence-electron chi connectivity index (χ4n) is 1.70. The fraction of sp³-hybridized carbons (Fsp3) is 0.462. The van der Waals surface area contributed by atoms with Crippen LogP contribution in [0.1, 0.15) is 18.9 Å². The number of carboxylic acids is 1. The van der Waals surface area contributed by atoms with Gasteiger partial charge in [-0.15, -0.1) is 0 Å². The average Bonchev–Trinajstić information content (AvgIpc) is 2.29. The number of para-hydroxylation sites is 1. The first-order chi connectivity index (χ1) is 8.13. The fourth-order valence-corrected chi connectivity index (χ4v) is 1.70. The third-order valence-corrected chi connectivity index (χ3v) is 2.55. The number of hydrogen-bond acceptors (Lipinski definition) is 3. The normalized spacial score (nSPS) is 12.1. The zero-order valence-corrected chi connectivity index (χ0v) is 10.3. The first kappa shape index (κ1) is 13.5. The molecule has 0 bridgehead atoms. The molecule has 0 saturated heterocycles. The van der Waals surface area contributed by atoms with Gasteiger partial charge in [-0.25, -0.2) is 0 Å². The van der Waals surface area contributed by atoms with Crippen molar-refractivity contribution in [1.82, 2.24) is 5.32 Å². The summed E-state index contributed by atoms with van der Waals surface area (Å²) >= 11 is 0. The van der Waals surface area contributed by atoms with Crippen LogP contribution in [-0.4, -0.2) is 30.8 Å². The van der Waals surface area contributed by atoms with Gasteiger partial charge in [0.05, 0.1) is 13.5 Å². The highest BCUT2D eigenvalue weighted by molar-refractivity contribution is 5.66. The Bertz CT molecular complexity index is 365. The number of carbonyl (C=O) groups is 1. The molecule has 0 aromatic heterocycles. The number of nitrogens with one attached hydrogen (secondary N) is 1. The summed E-state index contributed by atoms with van der Waals surface area (Å²) in [5.41, 5.74) is 1.13. The van der Waals surface area contributed by atoms with E-state index in [1.165, 1.54) is 0 Å². The summed E-state index contributed by atoms with van der Waals surface area (Å²) < 4.78 is 5.27. The van der Waals surface area contributed by atoms with Crippen molar-refractivity contribution in [3.63, 3.8) is 0 Å². The van der Waals surface area contributed by atoms with E-state index in [1.807, 2.05) is 31.2 Å². The zero-order valence-electron chi connectivity index (χ0n) is 10.3. The molecule has 0 aliphatic heterocycles.